The molecule has 0 radical (unpaired) electrons. The molecule has 3 nitrogen and oxygen atoms in total. The lowest BCUT2D eigenvalue weighted by Crippen LogP contribution is -2.40. The molecule has 3 aromatic carbocycles. The van der Waals surface area contributed by atoms with Crippen LogP contribution in [0.4, 0.5) is 0 Å². The van der Waals surface area contributed by atoms with E-state index in [0.717, 1.165) is 47.0 Å². The van der Waals surface area contributed by atoms with Crippen LogP contribution in [0.15, 0.2) is 65.1 Å². The first-order chi connectivity index (χ1) is 16.5. The van der Waals surface area contributed by atoms with Crippen LogP contribution < -0.4 is 0 Å². The second kappa shape index (κ2) is 12.0. The standard InChI is InChI=1S/C31H40BrN2O/c1-23-15-24(2)18-27(17-23)21-33(31(35)29-9-11-30(32)12-10-29)13-7-8-14-34(5,6)22-28-19-25(3)16-26(4)20-28/h9-12,15-20H,7-8,13-14,21-22H2,1-6H3/q+1. The largest absolute Gasteiger partial charge is 0.334 e. The zero-order valence-corrected chi connectivity index (χ0v) is 23.8. The zero-order chi connectivity index (χ0) is 25.6. The molecule has 0 aliphatic carbocycles. The molecule has 0 N–H and O–H groups in total. The minimum atomic E-state index is 0.0978. The quantitative estimate of drug-likeness (QED) is 0.196. The first-order valence-electron chi connectivity index (χ1n) is 12.5. The maximum absolute atomic E-state index is 13.4. The lowest BCUT2D eigenvalue weighted by atomic mass is 10.1. The molecule has 0 bridgehead atoms. The summed E-state index contributed by atoms with van der Waals surface area (Å²) in [5, 5.41) is 0. The van der Waals surface area contributed by atoms with Crippen LogP contribution in [0.25, 0.3) is 0 Å². The number of hydrogen-bond acceptors (Lipinski definition) is 1. The van der Waals surface area contributed by atoms with Gasteiger partial charge in [-0.25, -0.2) is 0 Å². The Hall–Kier alpha value is -2.43. The van der Waals surface area contributed by atoms with Gasteiger partial charge in [0, 0.05) is 28.7 Å². The van der Waals surface area contributed by atoms with Gasteiger partial charge in [0.2, 0.25) is 0 Å². The summed E-state index contributed by atoms with van der Waals surface area (Å²) in [7, 11) is 4.61. The molecule has 1 amide bonds. The van der Waals surface area contributed by atoms with Gasteiger partial charge in [0.25, 0.3) is 5.91 Å². The predicted octanol–water partition coefficient (Wildman–Crippen LogP) is 7.38. The Bertz CT molecular complexity index is 1110. The Balaban J connectivity index is 1.65. The highest BCUT2D eigenvalue weighted by molar-refractivity contribution is 9.10. The fourth-order valence-electron chi connectivity index (χ4n) is 4.98. The average Bonchev–Trinajstić information content (AvgIpc) is 2.74. The number of aryl methyl sites for hydroxylation is 4. The van der Waals surface area contributed by atoms with Crippen molar-refractivity contribution in [1.29, 1.82) is 0 Å². The van der Waals surface area contributed by atoms with Crippen molar-refractivity contribution in [3.05, 3.63) is 104 Å². The lowest BCUT2D eigenvalue weighted by Gasteiger charge is -2.31. The van der Waals surface area contributed by atoms with Crippen molar-refractivity contribution in [2.75, 3.05) is 27.2 Å². The van der Waals surface area contributed by atoms with Gasteiger partial charge in [-0.15, -0.1) is 0 Å². The molecule has 0 heterocycles. The topological polar surface area (TPSA) is 20.3 Å². The molecule has 3 rings (SSSR count). The molecule has 4 heteroatoms. The number of amides is 1. The van der Waals surface area contributed by atoms with E-state index in [2.05, 4.69) is 94.1 Å². The van der Waals surface area contributed by atoms with Gasteiger partial charge in [-0.2, -0.15) is 0 Å². The van der Waals surface area contributed by atoms with Gasteiger partial charge < -0.3 is 9.38 Å². The van der Waals surface area contributed by atoms with Crippen LogP contribution >= 0.6 is 15.9 Å². The van der Waals surface area contributed by atoms with E-state index in [1.54, 1.807) is 0 Å². The van der Waals surface area contributed by atoms with E-state index in [1.165, 1.54) is 33.4 Å². The number of carbonyl (C=O) groups excluding carboxylic acids is 1. The number of carbonyl (C=O) groups is 1. The van der Waals surface area contributed by atoms with Crippen LogP contribution in [0, 0.1) is 27.7 Å². The number of rotatable bonds is 10. The third-order valence-corrected chi connectivity index (χ3v) is 6.90. The molecule has 3 aromatic rings. The normalized spacial score (nSPS) is 11.5. The van der Waals surface area contributed by atoms with Crippen LogP contribution in [0.2, 0.25) is 0 Å². The summed E-state index contributed by atoms with van der Waals surface area (Å²) in [6, 6.07) is 21.1. The van der Waals surface area contributed by atoms with Crippen LogP contribution in [0.3, 0.4) is 0 Å². The minimum absolute atomic E-state index is 0.0978. The highest BCUT2D eigenvalue weighted by Gasteiger charge is 2.19. The summed E-state index contributed by atoms with van der Waals surface area (Å²) in [6.45, 7) is 12.1. The van der Waals surface area contributed by atoms with E-state index in [9.17, 15) is 4.79 Å². The van der Waals surface area contributed by atoms with E-state index in [0.29, 0.717) is 6.54 Å². The molecule has 0 aromatic heterocycles. The fourth-order valence-corrected chi connectivity index (χ4v) is 5.25. The summed E-state index contributed by atoms with van der Waals surface area (Å²) in [4.78, 5) is 15.4. The summed E-state index contributed by atoms with van der Waals surface area (Å²) < 4.78 is 1.93. The van der Waals surface area contributed by atoms with Gasteiger partial charge >= 0.3 is 0 Å². The Kier molecular flexibility index (Phi) is 9.32. The van der Waals surface area contributed by atoms with Crippen molar-refractivity contribution >= 4 is 21.8 Å². The Morgan fingerprint density at radius 2 is 1.29 bits per heavy atom. The summed E-state index contributed by atoms with van der Waals surface area (Å²) in [5.41, 5.74) is 8.46. The van der Waals surface area contributed by atoms with Crippen molar-refractivity contribution in [1.82, 2.24) is 4.90 Å². The Morgan fingerprint density at radius 3 is 1.83 bits per heavy atom. The Labute approximate surface area is 220 Å². The van der Waals surface area contributed by atoms with E-state index < -0.39 is 0 Å². The van der Waals surface area contributed by atoms with Crippen LogP contribution in [-0.2, 0) is 13.1 Å². The number of halogens is 1. The van der Waals surface area contributed by atoms with Crippen molar-refractivity contribution in [2.45, 2.75) is 53.6 Å². The van der Waals surface area contributed by atoms with Crippen LogP contribution in [0.5, 0.6) is 0 Å². The van der Waals surface area contributed by atoms with Gasteiger partial charge in [-0.1, -0.05) is 74.6 Å². The fraction of sp³-hybridized carbons (Fsp3) is 0.387. The molecule has 35 heavy (non-hydrogen) atoms. The number of hydrogen-bond donors (Lipinski definition) is 0. The monoisotopic (exact) mass is 535 g/mol. The van der Waals surface area contributed by atoms with Crippen molar-refractivity contribution in [3.8, 4) is 0 Å². The highest BCUT2D eigenvalue weighted by Crippen LogP contribution is 2.18. The van der Waals surface area contributed by atoms with Crippen molar-refractivity contribution < 1.29 is 9.28 Å². The minimum Gasteiger partial charge on any atom is -0.334 e. The Morgan fingerprint density at radius 1 is 0.771 bits per heavy atom. The maximum Gasteiger partial charge on any atom is 0.254 e. The van der Waals surface area contributed by atoms with Gasteiger partial charge in [-0.3, -0.25) is 4.79 Å². The molecule has 0 atom stereocenters. The van der Waals surface area contributed by atoms with E-state index in [4.69, 9.17) is 0 Å². The maximum atomic E-state index is 13.4. The first-order valence-corrected chi connectivity index (χ1v) is 13.3. The highest BCUT2D eigenvalue weighted by atomic mass is 79.9. The number of quaternary nitrogens is 1. The number of benzene rings is 3. The molecule has 0 spiro atoms. The third-order valence-electron chi connectivity index (χ3n) is 6.37. The van der Waals surface area contributed by atoms with Crippen LogP contribution in [-0.4, -0.2) is 42.5 Å². The summed E-state index contributed by atoms with van der Waals surface area (Å²) in [6.07, 6.45) is 2.07. The second-order valence-corrected chi connectivity index (χ2v) is 11.7. The summed E-state index contributed by atoms with van der Waals surface area (Å²) >= 11 is 3.48. The van der Waals surface area contributed by atoms with E-state index in [-0.39, 0.29) is 5.91 Å². The van der Waals surface area contributed by atoms with Crippen molar-refractivity contribution in [3.63, 3.8) is 0 Å². The molecule has 0 saturated carbocycles. The van der Waals surface area contributed by atoms with Crippen molar-refractivity contribution in [2.24, 2.45) is 0 Å². The summed E-state index contributed by atoms with van der Waals surface area (Å²) in [5.74, 6) is 0.0978. The van der Waals surface area contributed by atoms with E-state index >= 15 is 0 Å². The van der Waals surface area contributed by atoms with Crippen LogP contribution in [0.1, 0.15) is 56.6 Å². The molecule has 0 fully saturated rings. The third kappa shape index (κ3) is 8.63. The molecule has 0 aliphatic heterocycles. The molecule has 0 saturated heterocycles. The van der Waals surface area contributed by atoms with Gasteiger partial charge in [-0.05, 0) is 70.4 Å². The smallest absolute Gasteiger partial charge is 0.254 e. The first kappa shape index (κ1) is 27.2. The van der Waals surface area contributed by atoms with Gasteiger partial charge in [0.15, 0.2) is 0 Å². The number of nitrogens with zero attached hydrogens (tertiary/aromatic N) is 2. The zero-order valence-electron chi connectivity index (χ0n) is 22.2. The molecule has 0 aliphatic rings. The molecular formula is C31H40BrN2O+. The SMILES string of the molecule is Cc1cc(C)cc(CN(CCCC[N+](C)(C)Cc2cc(C)cc(C)c2)C(=O)c2ccc(Br)cc2)c1. The molecule has 186 valence electrons. The molecule has 0 unspecified atom stereocenters. The van der Waals surface area contributed by atoms with Gasteiger partial charge in [0.1, 0.15) is 6.54 Å². The molecular weight excluding hydrogens is 496 g/mol. The lowest BCUT2D eigenvalue weighted by molar-refractivity contribution is -0.903. The number of unbranched alkanes of at least 4 members (excludes halogenated alkanes) is 1. The van der Waals surface area contributed by atoms with Gasteiger partial charge in [0.05, 0.1) is 20.6 Å². The predicted molar refractivity (Wildman–Crippen MR) is 151 cm³/mol. The van der Waals surface area contributed by atoms with E-state index in [1.807, 2.05) is 29.2 Å². The second-order valence-electron chi connectivity index (χ2n) is 10.8. The average molecular weight is 537 g/mol.